The first kappa shape index (κ1) is 9.98. The number of nitrogens with zero attached hydrogens (tertiary/aromatic N) is 2. The molecule has 1 aromatic heterocycles. The van der Waals surface area contributed by atoms with Crippen molar-refractivity contribution in [1.29, 1.82) is 0 Å². The maximum atomic E-state index is 5.57. The van der Waals surface area contributed by atoms with Gasteiger partial charge in [0, 0.05) is 0 Å². The van der Waals surface area contributed by atoms with Crippen molar-refractivity contribution < 1.29 is 9.26 Å². The first-order valence-electron chi connectivity index (χ1n) is 4.37. The van der Waals surface area contributed by atoms with Crippen LogP contribution in [0.15, 0.2) is 28.8 Å². The summed E-state index contributed by atoms with van der Waals surface area (Å²) in [5.41, 5.74) is 0.792. The number of rotatable bonds is 3. The van der Waals surface area contributed by atoms with E-state index in [0.717, 1.165) is 5.56 Å². The number of alkyl halides is 1. The third-order valence-corrected chi connectivity index (χ3v) is 2.16. The first-order valence-corrected chi connectivity index (χ1v) is 4.90. The molecule has 78 valence electrons. The Kier molecular flexibility index (Phi) is 2.87. The summed E-state index contributed by atoms with van der Waals surface area (Å²) in [6.07, 6.45) is 0. The van der Waals surface area contributed by atoms with Crippen LogP contribution < -0.4 is 4.74 Å². The van der Waals surface area contributed by atoms with Crippen LogP contribution in [0.2, 0.25) is 0 Å². The van der Waals surface area contributed by atoms with Crippen molar-refractivity contribution in [2.45, 2.75) is 5.88 Å². The van der Waals surface area contributed by atoms with Gasteiger partial charge in [0.05, 0.1) is 12.7 Å². The molecule has 2 aromatic rings. The van der Waals surface area contributed by atoms with Crippen molar-refractivity contribution >= 4 is 11.6 Å². The van der Waals surface area contributed by atoms with Crippen LogP contribution in [0.1, 0.15) is 5.89 Å². The summed E-state index contributed by atoms with van der Waals surface area (Å²) in [5.74, 6) is 1.81. The van der Waals surface area contributed by atoms with E-state index in [-0.39, 0.29) is 5.88 Å². The van der Waals surface area contributed by atoms with Gasteiger partial charge in [-0.3, -0.25) is 0 Å². The van der Waals surface area contributed by atoms with Crippen LogP contribution in [0.25, 0.3) is 11.4 Å². The predicted molar refractivity (Wildman–Crippen MR) is 55.8 cm³/mol. The highest BCUT2D eigenvalue weighted by atomic mass is 35.5. The predicted octanol–water partition coefficient (Wildman–Crippen LogP) is 2.48. The summed E-state index contributed by atoms with van der Waals surface area (Å²) < 4.78 is 10.1. The van der Waals surface area contributed by atoms with Gasteiger partial charge in [0.2, 0.25) is 11.7 Å². The minimum absolute atomic E-state index is 0.210. The fourth-order valence-electron chi connectivity index (χ4n) is 1.25. The molecule has 1 heterocycles. The zero-order chi connectivity index (χ0) is 10.7. The van der Waals surface area contributed by atoms with Gasteiger partial charge < -0.3 is 9.26 Å². The number of benzene rings is 1. The lowest BCUT2D eigenvalue weighted by Gasteiger charge is -2.02. The van der Waals surface area contributed by atoms with Gasteiger partial charge >= 0.3 is 0 Å². The fraction of sp³-hybridized carbons (Fsp3) is 0.200. The molecule has 0 bridgehead atoms. The fourth-order valence-corrected chi connectivity index (χ4v) is 1.36. The van der Waals surface area contributed by atoms with Crippen molar-refractivity contribution in [3.8, 4) is 17.1 Å². The minimum atomic E-state index is 0.210. The summed E-state index contributed by atoms with van der Waals surface area (Å²) in [7, 11) is 1.60. The summed E-state index contributed by atoms with van der Waals surface area (Å²) >= 11 is 5.57. The summed E-state index contributed by atoms with van der Waals surface area (Å²) in [5, 5.41) is 3.82. The molecule has 0 saturated carbocycles. The number of aromatic nitrogens is 2. The van der Waals surface area contributed by atoms with Crippen molar-refractivity contribution in [1.82, 2.24) is 10.1 Å². The van der Waals surface area contributed by atoms with Gasteiger partial charge in [0.15, 0.2) is 0 Å². The monoisotopic (exact) mass is 224 g/mol. The maximum absolute atomic E-state index is 5.57. The van der Waals surface area contributed by atoms with E-state index in [2.05, 4.69) is 10.1 Å². The molecule has 0 atom stereocenters. The van der Waals surface area contributed by atoms with E-state index in [0.29, 0.717) is 17.5 Å². The normalized spacial score (nSPS) is 10.3. The van der Waals surface area contributed by atoms with Crippen LogP contribution >= 0.6 is 11.6 Å². The Bertz CT molecular complexity index is 456. The second-order valence-electron chi connectivity index (χ2n) is 2.85. The Morgan fingerprint density at radius 1 is 1.40 bits per heavy atom. The molecule has 0 amide bonds. The molecule has 4 nitrogen and oxygen atoms in total. The molecule has 1 aromatic carbocycles. The molecular formula is C10H9ClN2O2. The molecule has 5 heteroatoms. The zero-order valence-electron chi connectivity index (χ0n) is 8.11. The molecular weight excluding hydrogens is 216 g/mol. The molecule has 0 fully saturated rings. The smallest absolute Gasteiger partial charge is 0.241 e. The quantitative estimate of drug-likeness (QED) is 0.752. The largest absolute Gasteiger partial charge is 0.496 e. The van der Waals surface area contributed by atoms with Crippen LogP contribution in [0.5, 0.6) is 5.75 Å². The van der Waals surface area contributed by atoms with E-state index in [9.17, 15) is 0 Å². The lowest BCUT2D eigenvalue weighted by Crippen LogP contribution is -1.88. The van der Waals surface area contributed by atoms with Crippen LogP contribution in [0, 0.1) is 0 Å². The van der Waals surface area contributed by atoms with E-state index < -0.39 is 0 Å². The van der Waals surface area contributed by atoms with Crippen LogP contribution in [0.4, 0.5) is 0 Å². The van der Waals surface area contributed by atoms with Gasteiger partial charge in [-0.05, 0) is 12.1 Å². The van der Waals surface area contributed by atoms with E-state index in [1.165, 1.54) is 0 Å². The molecule has 0 radical (unpaired) electrons. The van der Waals surface area contributed by atoms with Gasteiger partial charge in [-0.1, -0.05) is 17.3 Å². The maximum Gasteiger partial charge on any atom is 0.241 e. The van der Waals surface area contributed by atoms with E-state index in [1.54, 1.807) is 7.11 Å². The topological polar surface area (TPSA) is 48.2 Å². The van der Waals surface area contributed by atoms with Crippen molar-refractivity contribution in [3.63, 3.8) is 0 Å². The Labute approximate surface area is 91.8 Å². The summed E-state index contributed by atoms with van der Waals surface area (Å²) in [4.78, 5) is 4.12. The third-order valence-electron chi connectivity index (χ3n) is 1.93. The zero-order valence-corrected chi connectivity index (χ0v) is 8.86. The first-order chi connectivity index (χ1) is 7.35. The number of hydrogen-bond acceptors (Lipinski definition) is 4. The van der Waals surface area contributed by atoms with Crippen molar-refractivity contribution in [2.75, 3.05) is 7.11 Å². The molecule has 0 unspecified atom stereocenters. The molecule has 0 spiro atoms. The van der Waals surface area contributed by atoms with Gasteiger partial charge in [-0.15, -0.1) is 11.6 Å². The van der Waals surface area contributed by atoms with E-state index in [4.69, 9.17) is 20.9 Å². The molecule has 0 aliphatic heterocycles. The van der Waals surface area contributed by atoms with E-state index in [1.807, 2.05) is 24.3 Å². The summed E-state index contributed by atoms with van der Waals surface area (Å²) in [6, 6.07) is 7.47. The van der Waals surface area contributed by atoms with Crippen molar-refractivity contribution in [2.24, 2.45) is 0 Å². The lowest BCUT2D eigenvalue weighted by molar-refractivity contribution is 0.389. The van der Waals surface area contributed by atoms with Gasteiger partial charge in [0.25, 0.3) is 0 Å². The number of ether oxygens (including phenoxy) is 1. The molecule has 0 aliphatic rings. The standard InChI is InChI=1S/C10H9ClN2O2/c1-14-8-5-3-2-4-7(8)10-12-9(6-11)15-13-10/h2-5H,6H2,1H3. The third kappa shape index (κ3) is 1.94. The Balaban J connectivity index is 2.44. The Morgan fingerprint density at radius 2 is 2.20 bits per heavy atom. The minimum Gasteiger partial charge on any atom is -0.496 e. The van der Waals surface area contributed by atoms with E-state index >= 15 is 0 Å². The average Bonchev–Trinajstić information content (AvgIpc) is 2.77. The molecule has 0 N–H and O–H groups in total. The number of halogens is 1. The number of methoxy groups -OCH3 is 1. The summed E-state index contributed by atoms with van der Waals surface area (Å²) in [6.45, 7) is 0. The van der Waals surface area contributed by atoms with Crippen LogP contribution in [-0.2, 0) is 5.88 Å². The average molecular weight is 225 g/mol. The lowest BCUT2D eigenvalue weighted by atomic mass is 10.2. The number of para-hydroxylation sites is 1. The molecule has 15 heavy (non-hydrogen) atoms. The number of hydrogen-bond donors (Lipinski definition) is 0. The Morgan fingerprint density at radius 3 is 2.87 bits per heavy atom. The molecule has 0 saturated heterocycles. The highest BCUT2D eigenvalue weighted by Gasteiger charge is 2.11. The Hall–Kier alpha value is -1.55. The van der Waals surface area contributed by atoms with Crippen LogP contribution in [0.3, 0.4) is 0 Å². The van der Waals surface area contributed by atoms with Crippen LogP contribution in [-0.4, -0.2) is 17.3 Å². The van der Waals surface area contributed by atoms with Gasteiger partial charge in [0.1, 0.15) is 11.6 Å². The molecule has 0 aliphatic carbocycles. The van der Waals surface area contributed by atoms with Gasteiger partial charge in [-0.25, -0.2) is 0 Å². The SMILES string of the molecule is COc1ccccc1-c1noc(CCl)n1. The second-order valence-corrected chi connectivity index (χ2v) is 3.11. The highest BCUT2D eigenvalue weighted by Crippen LogP contribution is 2.27. The molecule has 2 rings (SSSR count). The second kappa shape index (κ2) is 4.31. The highest BCUT2D eigenvalue weighted by molar-refractivity contribution is 6.16. The van der Waals surface area contributed by atoms with Crippen molar-refractivity contribution in [3.05, 3.63) is 30.2 Å². The van der Waals surface area contributed by atoms with Gasteiger partial charge in [-0.2, -0.15) is 4.98 Å².